The van der Waals surface area contributed by atoms with Gasteiger partial charge in [-0.3, -0.25) is 25.2 Å². The second-order valence-corrected chi connectivity index (χ2v) is 5.66. The second kappa shape index (κ2) is 9.23. The summed E-state index contributed by atoms with van der Waals surface area (Å²) in [6.07, 6.45) is 0. The van der Waals surface area contributed by atoms with Gasteiger partial charge in [0, 0.05) is 17.2 Å². The Morgan fingerprint density at radius 1 is 0.852 bits per heavy atom. The van der Waals surface area contributed by atoms with Gasteiger partial charge >= 0.3 is 0 Å². The molecule has 0 aliphatic carbocycles. The van der Waals surface area contributed by atoms with Crippen LogP contribution in [0.2, 0.25) is 0 Å². The summed E-state index contributed by atoms with van der Waals surface area (Å²) < 4.78 is 10.2. The average Bonchev–Trinajstić information content (AvgIpc) is 2.69. The molecule has 0 aliphatic heterocycles. The first-order valence-corrected chi connectivity index (χ1v) is 8.10. The Bertz CT molecular complexity index is 829. The van der Waals surface area contributed by atoms with Gasteiger partial charge in [0.15, 0.2) is 0 Å². The standard InChI is InChI=1S/C19H21N3O5/c1-12-5-4-6-13(7-12)18(24)20-11-17(23)21-22-19(25)14-8-15(26-2)10-16(9-14)27-3/h4-10H,11H2,1-3H3,(H,20,24)(H,21,23)(H,22,25). The molecule has 0 heterocycles. The zero-order valence-corrected chi connectivity index (χ0v) is 15.3. The van der Waals surface area contributed by atoms with Crippen molar-refractivity contribution in [2.75, 3.05) is 20.8 Å². The van der Waals surface area contributed by atoms with Crippen LogP contribution in [0.5, 0.6) is 11.5 Å². The maximum absolute atomic E-state index is 12.2. The quantitative estimate of drug-likeness (QED) is 0.662. The predicted molar refractivity (Wildman–Crippen MR) is 98.7 cm³/mol. The molecule has 0 spiro atoms. The van der Waals surface area contributed by atoms with E-state index >= 15 is 0 Å². The van der Waals surface area contributed by atoms with E-state index in [2.05, 4.69) is 16.2 Å². The number of amides is 3. The Labute approximate surface area is 156 Å². The van der Waals surface area contributed by atoms with E-state index in [0.717, 1.165) is 5.56 Å². The van der Waals surface area contributed by atoms with Crippen LogP contribution in [0.4, 0.5) is 0 Å². The molecule has 2 rings (SSSR count). The molecule has 3 amide bonds. The van der Waals surface area contributed by atoms with Crippen molar-refractivity contribution in [1.29, 1.82) is 0 Å². The summed E-state index contributed by atoms with van der Waals surface area (Å²) in [6, 6.07) is 11.6. The lowest BCUT2D eigenvalue weighted by molar-refractivity contribution is -0.120. The van der Waals surface area contributed by atoms with Crippen LogP contribution >= 0.6 is 0 Å². The number of ether oxygens (including phenoxy) is 2. The van der Waals surface area contributed by atoms with E-state index in [9.17, 15) is 14.4 Å². The SMILES string of the molecule is COc1cc(OC)cc(C(=O)NNC(=O)CNC(=O)c2cccc(C)c2)c1. The highest BCUT2D eigenvalue weighted by Crippen LogP contribution is 2.22. The molecule has 0 bridgehead atoms. The number of hydrogen-bond acceptors (Lipinski definition) is 5. The second-order valence-electron chi connectivity index (χ2n) is 5.66. The number of carbonyl (C=O) groups is 3. The molecule has 0 fully saturated rings. The highest BCUT2D eigenvalue weighted by molar-refractivity contribution is 5.98. The largest absolute Gasteiger partial charge is 0.497 e. The molecule has 0 aliphatic rings. The van der Waals surface area contributed by atoms with Gasteiger partial charge < -0.3 is 14.8 Å². The molecule has 0 radical (unpaired) electrons. The molecule has 0 atom stereocenters. The summed E-state index contributed by atoms with van der Waals surface area (Å²) in [6.45, 7) is 1.58. The smallest absolute Gasteiger partial charge is 0.269 e. The van der Waals surface area contributed by atoms with Crippen molar-refractivity contribution < 1.29 is 23.9 Å². The van der Waals surface area contributed by atoms with Gasteiger partial charge in [-0.2, -0.15) is 0 Å². The number of benzene rings is 2. The maximum Gasteiger partial charge on any atom is 0.269 e. The van der Waals surface area contributed by atoms with Crippen LogP contribution < -0.4 is 25.6 Å². The Kier molecular flexibility index (Phi) is 6.76. The molecule has 8 nitrogen and oxygen atoms in total. The minimum absolute atomic E-state index is 0.246. The molecule has 2 aromatic carbocycles. The van der Waals surface area contributed by atoms with Gasteiger partial charge in [-0.15, -0.1) is 0 Å². The average molecular weight is 371 g/mol. The van der Waals surface area contributed by atoms with Gasteiger partial charge in [0.1, 0.15) is 11.5 Å². The first-order valence-electron chi connectivity index (χ1n) is 8.10. The molecular weight excluding hydrogens is 350 g/mol. The van der Waals surface area contributed by atoms with Crippen molar-refractivity contribution in [2.24, 2.45) is 0 Å². The number of methoxy groups -OCH3 is 2. The third-order valence-electron chi connectivity index (χ3n) is 3.62. The molecule has 8 heteroatoms. The fourth-order valence-corrected chi connectivity index (χ4v) is 2.23. The molecule has 2 aromatic rings. The van der Waals surface area contributed by atoms with Gasteiger partial charge in [-0.05, 0) is 31.2 Å². The van der Waals surface area contributed by atoms with E-state index in [-0.39, 0.29) is 18.0 Å². The van der Waals surface area contributed by atoms with Crippen molar-refractivity contribution in [1.82, 2.24) is 16.2 Å². The monoisotopic (exact) mass is 371 g/mol. The summed E-state index contributed by atoms with van der Waals surface area (Å²) in [5.41, 5.74) is 6.15. The van der Waals surface area contributed by atoms with Gasteiger partial charge in [0.05, 0.1) is 20.8 Å². The van der Waals surface area contributed by atoms with Crippen LogP contribution in [0.25, 0.3) is 0 Å². The number of rotatable bonds is 6. The van der Waals surface area contributed by atoms with Gasteiger partial charge in [-0.25, -0.2) is 0 Å². The Morgan fingerprint density at radius 3 is 2.11 bits per heavy atom. The molecule has 142 valence electrons. The number of hydrazine groups is 1. The van der Waals surface area contributed by atoms with Crippen LogP contribution in [-0.4, -0.2) is 38.5 Å². The fraction of sp³-hybridized carbons (Fsp3) is 0.211. The fourth-order valence-electron chi connectivity index (χ4n) is 2.23. The first-order chi connectivity index (χ1) is 12.9. The number of nitrogens with one attached hydrogen (secondary N) is 3. The van der Waals surface area contributed by atoms with Crippen LogP contribution in [0.1, 0.15) is 26.3 Å². The van der Waals surface area contributed by atoms with Gasteiger partial charge in [-0.1, -0.05) is 17.7 Å². The molecule has 27 heavy (non-hydrogen) atoms. The van der Waals surface area contributed by atoms with E-state index in [4.69, 9.17) is 9.47 Å². The topological polar surface area (TPSA) is 106 Å². The summed E-state index contributed by atoms with van der Waals surface area (Å²) >= 11 is 0. The molecule has 0 unspecified atom stereocenters. The number of carbonyl (C=O) groups excluding carboxylic acids is 3. The van der Waals surface area contributed by atoms with Crippen LogP contribution in [0.3, 0.4) is 0 Å². The summed E-state index contributed by atoms with van der Waals surface area (Å²) in [5, 5.41) is 2.48. The summed E-state index contributed by atoms with van der Waals surface area (Å²) in [7, 11) is 2.93. The van der Waals surface area contributed by atoms with E-state index in [1.165, 1.54) is 26.4 Å². The van der Waals surface area contributed by atoms with Gasteiger partial charge in [0.2, 0.25) is 0 Å². The lowest BCUT2D eigenvalue weighted by atomic mass is 10.1. The zero-order valence-electron chi connectivity index (χ0n) is 15.3. The number of aryl methyl sites for hydroxylation is 1. The van der Waals surface area contributed by atoms with Gasteiger partial charge in [0.25, 0.3) is 17.7 Å². The van der Waals surface area contributed by atoms with Crippen LogP contribution in [-0.2, 0) is 4.79 Å². The molecule has 3 N–H and O–H groups in total. The Hall–Kier alpha value is -3.55. The third-order valence-corrected chi connectivity index (χ3v) is 3.62. The molecule has 0 saturated carbocycles. The highest BCUT2D eigenvalue weighted by Gasteiger charge is 2.12. The van der Waals surface area contributed by atoms with Crippen molar-refractivity contribution in [3.05, 3.63) is 59.2 Å². The minimum atomic E-state index is -0.570. The van der Waals surface area contributed by atoms with Crippen molar-refractivity contribution in [3.8, 4) is 11.5 Å². The van der Waals surface area contributed by atoms with Crippen LogP contribution in [0, 0.1) is 6.92 Å². The van der Waals surface area contributed by atoms with E-state index in [0.29, 0.717) is 17.1 Å². The zero-order chi connectivity index (χ0) is 19.8. The molecular formula is C19H21N3O5. The normalized spacial score (nSPS) is 9.89. The minimum Gasteiger partial charge on any atom is -0.497 e. The molecule has 0 saturated heterocycles. The molecule has 0 aromatic heterocycles. The summed E-state index contributed by atoms with van der Waals surface area (Å²) in [5.74, 6) is -0.616. The lowest BCUT2D eigenvalue weighted by Crippen LogP contribution is -2.46. The number of hydrogen-bond donors (Lipinski definition) is 3. The van der Waals surface area contributed by atoms with Crippen molar-refractivity contribution in [2.45, 2.75) is 6.92 Å². The van der Waals surface area contributed by atoms with E-state index in [1.807, 2.05) is 13.0 Å². The highest BCUT2D eigenvalue weighted by atomic mass is 16.5. The summed E-state index contributed by atoms with van der Waals surface area (Å²) in [4.78, 5) is 36.0. The Morgan fingerprint density at radius 2 is 1.52 bits per heavy atom. The van der Waals surface area contributed by atoms with E-state index in [1.54, 1.807) is 24.3 Å². The predicted octanol–water partition coefficient (Wildman–Crippen LogP) is 1.20. The maximum atomic E-state index is 12.2. The Balaban J connectivity index is 1.86. The van der Waals surface area contributed by atoms with Crippen molar-refractivity contribution >= 4 is 17.7 Å². The van der Waals surface area contributed by atoms with Crippen LogP contribution in [0.15, 0.2) is 42.5 Å². The third kappa shape index (κ3) is 5.74. The van der Waals surface area contributed by atoms with Crippen molar-refractivity contribution in [3.63, 3.8) is 0 Å². The first kappa shape index (κ1) is 19.8. The van der Waals surface area contributed by atoms with E-state index < -0.39 is 11.8 Å². The lowest BCUT2D eigenvalue weighted by Gasteiger charge is -2.10.